The zero-order valence-electron chi connectivity index (χ0n) is 35.9. The minimum Gasteiger partial charge on any atom is -0.354 e. The summed E-state index contributed by atoms with van der Waals surface area (Å²) in [5, 5.41) is 0. The second-order valence-electron chi connectivity index (χ2n) is 17.3. The van der Waals surface area contributed by atoms with E-state index >= 15 is 70.2 Å². The highest BCUT2D eigenvalue weighted by Crippen LogP contribution is 2.56. The lowest BCUT2D eigenvalue weighted by molar-refractivity contribution is 0.311. The summed E-state index contributed by atoms with van der Waals surface area (Å²) in [5.41, 5.74) is -19.0. The van der Waals surface area contributed by atoms with Crippen LogP contribution in [0.1, 0.15) is 47.5 Å². The molecule has 0 spiro atoms. The number of fused-ring (bicyclic) bond motifs is 13. The van der Waals surface area contributed by atoms with Crippen LogP contribution >= 0.6 is 0 Å². The van der Waals surface area contributed by atoms with Gasteiger partial charge < -0.3 is 9.97 Å². The second-order valence-corrected chi connectivity index (χ2v) is 17.3. The third-order valence-corrected chi connectivity index (χ3v) is 13.6. The molecule has 0 radical (unpaired) electrons. The quantitative estimate of drug-likeness (QED) is 0.105. The van der Waals surface area contributed by atoms with Crippen molar-refractivity contribution in [3.63, 3.8) is 0 Å². The fraction of sp³-hybridized carbons (Fsp3) is 0.143. The van der Waals surface area contributed by atoms with Gasteiger partial charge in [0.2, 0.25) is 23.3 Å². The number of hydrogen-bond acceptors (Lipinski definition) is 3. The normalized spacial score (nSPS) is 17.3. The van der Waals surface area contributed by atoms with Crippen molar-refractivity contribution >= 4 is 34.2 Å². The number of rotatable bonds is 4. The molecule has 5 nitrogen and oxygen atoms in total. The molecule has 380 valence electrons. The van der Waals surface area contributed by atoms with Crippen molar-refractivity contribution in [1.29, 1.82) is 0 Å². The van der Waals surface area contributed by atoms with Gasteiger partial charge in [0.05, 0.1) is 45.0 Å². The van der Waals surface area contributed by atoms with E-state index in [0.717, 1.165) is 6.07 Å². The summed E-state index contributed by atoms with van der Waals surface area (Å²) < 4.78 is 310. The molecule has 11 rings (SSSR count). The fourth-order valence-corrected chi connectivity index (χ4v) is 10.4. The van der Waals surface area contributed by atoms with E-state index in [1.54, 1.807) is 4.90 Å². The molecule has 7 heterocycles. The van der Waals surface area contributed by atoms with Crippen molar-refractivity contribution in [3.05, 3.63) is 163 Å². The summed E-state index contributed by atoms with van der Waals surface area (Å²) in [4.78, 5) is 14.9. The lowest BCUT2D eigenvalue weighted by atomic mass is 9.82. The molecule has 7 aromatic rings. The lowest BCUT2D eigenvalue weighted by Crippen LogP contribution is -2.25. The molecule has 25 heteroatoms. The van der Waals surface area contributed by atoms with E-state index < -0.39 is 224 Å². The Hall–Kier alpha value is -7.70. The van der Waals surface area contributed by atoms with E-state index in [-0.39, 0.29) is 19.5 Å². The summed E-state index contributed by atoms with van der Waals surface area (Å²) in [5.74, 6) is -54.9. The average molecular weight is 1060 g/mol. The minimum atomic E-state index is -2.70. The highest BCUT2D eigenvalue weighted by molar-refractivity contribution is 5.99. The molecule has 4 aliphatic heterocycles. The number of aromatic amines is 2. The molecule has 8 bridgehead atoms. The first kappa shape index (κ1) is 48.6. The predicted octanol–water partition coefficient (Wildman–Crippen LogP) is 14.3. The van der Waals surface area contributed by atoms with Gasteiger partial charge in [0.15, 0.2) is 93.1 Å². The molecule has 0 unspecified atom stereocenters. The minimum absolute atomic E-state index is 0.123. The van der Waals surface area contributed by atoms with Crippen LogP contribution in [-0.2, 0) is 0 Å². The van der Waals surface area contributed by atoms with Gasteiger partial charge in [-0.3, -0.25) is 9.88 Å². The van der Waals surface area contributed by atoms with Gasteiger partial charge >= 0.3 is 0 Å². The third-order valence-electron chi connectivity index (χ3n) is 13.6. The molecular formula is C49H19F20N5. The van der Waals surface area contributed by atoms with Crippen molar-refractivity contribution in [3.8, 4) is 44.5 Å². The summed E-state index contributed by atoms with van der Waals surface area (Å²) in [6, 6.07) is 1.90. The first-order valence-electron chi connectivity index (χ1n) is 21.4. The Morgan fingerprint density at radius 2 is 0.676 bits per heavy atom. The molecule has 3 atom stereocenters. The van der Waals surface area contributed by atoms with E-state index in [1.807, 2.05) is 0 Å². The van der Waals surface area contributed by atoms with E-state index in [1.165, 1.54) is 0 Å². The van der Waals surface area contributed by atoms with Gasteiger partial charge in [-0.05, 0) is 55.8 Å². The molecule has 2 saturated heterocycles. The Balaban J connectivity index is 1.45. The fourth-order valence-electron chi connectivity index (χ4n) is 10.4. The molecule has 4 aliphatic rings. The first-order valence-corrected chi connectivity index (χ1v) is 21.4. The van der Waals surface area contributed by atoms with Crippen molar-refractivity contribution < 1.29 is 87.8 Å². The van der Waals surface area contributed by atoms with Crippen molar-refractivity contribution in [1.82, 2.24) is 24.8 Å². The van der Waals surface area contributed by atoms with Crippen LogP contribution in [0, 0.1) is 116 Å². The number of benzene rings is 4. The third kappa shape index (κ3) is 6.62. The number of hydrogen-bond donors (Lipinski definition) is 2. The van der Waals surface area contributed by atoms with Gasteiger partial charge in [0.1, 0.15) is 0 Å². The maximum absolute atomic E-state index is 16.4. The predicted molar refractivity (Wildman–Crippen MR) is 221 cm³/mol. The van der Waals surface area contributed by atoms with Gasteiger partial charge in [-0.25, -0.2) is 92.8 Å². The standard InChI is InChI=1S/C49H19F20N5/c50-28-24(29(51)37(59)44(66)36(28)58)20-12-3-4-13(70-12)21(25-30(52)38(60)45(67)39(61)31(25)53)15-6-8-17(72-15)23(27-34(56)42(64)47(69)43(65)35(27)57)49-19-11(10-74-9-1-2-18(19)74)48(73-49)22(16-7-5-14(20)71-16)26-32(54)40(62)46(68)41(63)33(26)55/h3-8,11,18-19,70,72H,1-2,9-10H2/t11-,18+,19-/m1/s1. The van der Waals surface area contributed by atoms with Gasteiger partial charge in [-0.1, -0.05) is 0 Å². The monoisotopic (exact) mass is 1060 g/mol. The summed E-state index contributed by atoms with van der Waals surface area (Å²) in [6.07, 6.45) is 1.81. The summed E-state index contributed by atoms with van der Waals surface area (Å²) in [6.45, 7) is -0.132. The highest BCUT2D eigenvalue weighted by atomic mass is 19.2. The van der Waals surface area contributed by atoms with E-state index in [9.17, 15) is 17.6 Å². The Morgan fingerprint density at radius 3 is 1.09 bits per heavy atom. The number of nitrogens with one attached hydrogen (secondary N) is 2. The molecular weight excluding hydrogens is 1040 g/mol. The van der Waals surface area contributed by atoms with Gasteiger partial charge in [-0.2, -0.15) is 0 Å². The maximum atomic E-state index is 16.4. The smallest absolute Gasteiger partial charge is 0.200 e. The largest absolute Gasteiger partial charge is 0.354 e. The SMILES string of the molecule is Fc1c(F)c(F)c(-c2c3nc(c(-c4c(F)c(F)c(F)c(F)c4F)c4ccc([nH]4)c(-c4c(F)c(F)c(F)c(F)c4F)c4ccc([nH]4)c(-c4c(F)c(F)c(F)c(F)c4F)c4nc2[C@@H]2CN5CCC[C@H]5[C@H]42)C=C3)c(F)c1F. The Kier molecular flexibility index (Phi) is 11.1. The van der Waals surface area contributed by atoms with E-state index in [2.05, 4.69) is 19.9 Å². The highest BCUT2D eigenvalue weighted by Gasteiger charge is 2.52. The Labute approximate surface area is 398 Å². The van der Waals surface area contributed by atoms with Gasteiger partial charge in [0, 0.05) is 68.7 Å². The maximum Gasteiger partial charge on any atom is 0.200 e. The van der Waals surface area contributed by atoms with Crippen molar-refractivity contribution in [2.24, 2.45) is 0 Å². The van der Waals surface area contributed by atoms with Crippen molar-refractivity contribution in [2.45, 2.75) is 30.7 Å². The number of H-pyrrole nitrogens is 2. The van der Waals surface area contributed by atoms with Crippen LogP contribution in [0.25, 0.3) is 78.7 Å². The van der Waals surface area contributed by atoms with Crippen LogP contribution in [0.15, 0.2) is 24.3 Å². The van der Waals surface area contributed by atoms with E-state index in [4.69, 9.17) is 0 Å². The average Bonchev–Trinajstić information content (AvgIpc) is 4.27. The second kappa shape index (κ2) is 16.9. The molecule has 4 aromatic carbocycles. The molecule has 74 heavy (non-hydrogen) atoms. The molecule has 0 aliphatic carbocycles. The molecule has 0 saturated carbocycles. The van der Waals surface area contributed by atoms with Crippen molar-refractivity contribution in [2.75, 3.05) is 13.1 Å². The molecule has 2 fully saturated rings. The topological polar surface area (TPSA) is 60.6 Å². The summed E-state index contributed by atoms with van der Waals surface area (Å²) in [7, 11) is 0. The first-order chi connectivity index (χ1) is 35.1. The van der Waals surface area contributed by atoms with Crippen LogP contribution in [0.2, 0.25) is 0 Å². The summed E-state index contributed by atoms with van der Waals surface area (Å²) >= 11 is 0. The number of nitrogens with zero attached hydrogens (tertiary/aromatic N) is 3. The van der Waals surface area contributed by atoms with Gasteiger partial charge in [0.25, 0.3) is 0 Å². The van der Waals surface area contributed by atoms with Crippen LogP contribution < -0.4 is 0 Å². The molecule has 2 N–H and O–H groups in total. The number of halogens is 20. The van der Waals surface area contributed by atoms with Gasteiger partial charge in [-0.15, -0.1) is 0 Å². The number of aromatic nitrogens is 4. The zero-order valence-corrected chi connectivity index (χ0v) is 35.9. The molecule has 3 aromatic heterocycles. The van der Waals surface area contributed by atoms with Crippen LogP contribution in [0.5, 0.6) is 0 Å². The van der Waals surface area contributed by atoms with Crippen LogP contribution in [-0.4, -0.2) is 44.0 Å². The van der Waals surface area contributed by atoms with E-state index in [0.29, 0.717) is 36.8 Å². The Bertz CT molecular complexity index is 3800. The lowest BCUT2D eigenvalue weighted by Gasteiger charge is -2.21. The Morgan fingerprint density at radius 1 is 0.351 bits per heavy atom. The zero-order chi connectivity index (χ0) is 53.0. The van der Waals surface area contributed by atoms with Crippen LogP contribution in [0.3, 0.4) is 0 Å². The van der Waals surface area contributed by atoms with Crippen LogP contribution in [0.4, 0.5) is 87.8 Å². The molecule has 0 amide bonds.